The fourth-order valence-electron chi connectivity index (χ4n) is 6.37. The minimum atomic E-state index is -0.480. The van der Waals surface area contributed by atoms with E-state index in [1.165, 1.54) is 0 Å². The van der Waals surface area contributed by atoms with E-state index in [2.05, 4.69) is 6.07 Å². The highest BCUT2D eigenvalue weighted by atomic mass is 35.5. The van der Waals surface area contributed by atoms with E-state index < -0.39 is 6.10 Å². The van der Waals surface area contributed by atoms with E-state index in [4.69, 9.17) is 21.1 Å². The van der Waals surface area contributed by atoms with Crippen LogP contribution < -0.4 is 0 Å². The van der Waals surface area contributed by atoms with Gasteiger partial charge in [0.05, 0.1) is 23.9 Å². The zero-order valence-corrected chi connectivity index (χ0v) is 16.0. The highest BCUT2D eigenvalue weighted by Crippen LogP contribution is 2.66. The lowest BCUT2D eigenvalue weighted by atomic mass is 9.52. The second kappa shape index (κ2) is 6.06. The molecule has 5 aliphatic rings. The molecule has 4 bridgehead atoms. The third kappa shape index (κ3) is 2.23. The Kier molecular flexibility index (Phi) is 3.68. The van der Waals surface area contributed by atoms with E-state index >= 15 is 0 Å². The summed E-state index contributed by atoms with van der Waals surface area (Å²) in [5.74, 6) is 0.480. The van der Waals surface area contributed by atoms with Crippen LogP contribution in [0.1, 0.15) is 46.5 Å². The van der Waals surface area contributed by atoms with Gasteiger partial charge < -0.3 is 14.6 Å². The Morgan fingerprint density at radius 2 is 1.82 bits per heavy atom. The van der Waals surface area contributed by atoms with Crippen LogP contribution in [0.2, 0.25) is 5.02 Å². The molecule has 2 aromatic carbocycles. The van der Waals surface area contributed by atoms with Crippen molar-refractivity contribution in [1.82, 2.24) is 0 Å². The number of carbonyl (C=O) groups excluding carboxylic acids is 1. The molecule has 0 aromatic heterocycles. The molecule has 0 radical (unpaired) electrons. The largest absolute Gasteiger partial charge is 0.454 e. The Morgan fingerprint density at radius 3 is 2.64 bits per heavy atom. The average Bonchev–Trinajstić information content (AvgIpc) is 3.08. The number of carbonyl (C=O) groups is 1. The van der Waals surface area contributed by atoms with Crippen molar-refractivity contribution >= 4 is 17.6 Å². The Labute approximate surface area is 168 Å². The maximum absolute atomic E-state index is 13.0. The molecule has 0 spiro atoms. The van der Waals surface area contributed by atoms with Crippen molar-refractivity contribution in [2.45, 2.75) is 37.3 Å². The predicted molar refractivity (Wildman–Crippen MR) is 103 cm³/mol. The van der Waals surface area contributed by atoms with Gasteiger partial charge in [-0.1, -0.05) is 41.9 Å². The topological polar surface area (TPSA) is 55.8 Å². The molecule has 8 atom stereocenters. The van der Waals surface area contributed by atoms with Gasteiger partial charge in [-0.25, -0.2) is 4.79 Å². The number of rotatable bonds is 2. The smallest absolute Gasteiger partial charge is 0.338 e. The molecular formula is C23H21ClO4. The van der Waals surface area contributed by atoms with E-state index in [0.29, 0.717) is 22.4 Å². The van der Waals surface area contributed by atoms with Crippen LogP contribution in [0.3, 0.4) is 0 Å². The highest BCUT2D eigenvalue weighted by molar-refractivity contribution is 6.30. The van der Waals surface area contributed by atoms with Crippen molar-refractivity contribution in [2.75, 3.05) is 0 Å². The van der Waals surface area contributed by atoms with Crippen LogP contribution in [-0.4, -0.2) is 23.3 Å². The van der Waals surface area contributed by atoms with Gasteiger partial charge in [0, 0.05) is 16.9 Å². The number of hydrogen-bond donors (Lipinski definition) is 1. The fraction of sp³-hybridized carbons (Fsp3) is 0.435. The molecule has 144 valence electrons. The summed E-state index contributed by atoms with van der Waals surface area (Å²) in [5, 5.41) is 11.4. The summed E-state index contributed by atoms with van der Waals surface area (Å²) in [5.41, 5.74) is 2.58. The van der Waals surface area contributed by atoms with E-state index in [-0.39, 0.29) is 36.1 Å². The zero-order valence-electron chi connectivity index (χ0n) is 15.2. The summed E-state index contributed by atoms with van der Waals surface area (Å²) in [4.78, 5) is 13.0. The number of benzene rings is 2. The number of fused-ring (bicyclic) bond motifs is 3. The summed E-state index contributed by atoms with van der Waals surface area (Å²) in [6.07, 6.45) is 1.12. The van der Waals surface area contributed by atoms with Crippen LogP contribution in [0.25, 0.3) is 0 Å². The standard InChI is InChI=1S/C23H21ClO4/c24-12-5-3-4-11(10-12)23(26)28-21-14-7-2-1-6-13(14)20-18-16-9-8-15(17(18)21)19(25)22(16)27-20/h1-7,10,15-22,25H,8-9H2/t15-,16+,17-,18+,19-,20-,21-,22-/m1/s1. The van der Waals surface area contributed by atoms with Crippen LogP contribution in [-0.2, 0) is 9.47 Å². The van der Waals surface area contributed by atoms with Crippen LogP contribution in [0, 0.1) is 23.7 Å². The Bertz CT molecular complexity index is 959. The van der Waals surface area contributed by atoms with Crippen LogP contribution in [0.4, 0.5) is 0 Å². The Hall–Kier alpha value is -1.88. The number of hydrogen-bond acceptors (Lipinski definition) is 4. The summed E-state index contributed by atoms with van der Waals surface area (Å²) >= 11 is 6.06. The fourth-order valence-corrected chi connectivity index (χ4v) is 6.56. The Balaban J connectivity index is 1.44. The van der Waals surface area contributed by atoms with E-state index in [0.717, 1.165) is 24.0 Å². The van der Waals surface area contributed by atoms with Crippen LogP contribution in [0.5, 0.6) is 0 Å². The molecule has 4 aliphatic carbocycles. The van der Waals surface area contributed by atoms with Gasteiger partial charge in [-0.05, 0) is 54.0 Å². The molecule has 2 aromatic rings. The Morgan fingerprint density at radius 1 is 1.04 bits per heavy atom. The normalized spacial score (nSPS) is 39.5. The molecule has 1 saturated heterocycles. The lowest BCUT2D eigenvalue weighted by Gasteiger charge is -2.53. The quantitative estimate of drug-likeness (QED) is 0.768. The highest BCUT2D eigenvalue weighted by Gasteiger charge is 2.66. The second-order valence-corrected chi connectivity index (χ2v) is 8.97. The summed E-state index contributed by atoms with van der Waals surface area (Å²) in [6, 6.07) is 15.0. The van der Waals surface area contributed by atoms with Gasteiger partial charge in [0.15, 0.2) is 0 Å². The van der Waals surface area contributed by atoms with Crippen molar-refractivity contribution in [3.8, 4) is 0 Å². The lowest BCUT2D eigenvalue weighted by molar-refractivity contribution is -0.134. The number of halogens is 1. The first-order chi connectivity index (χ1) is 13.6. The van der Waals surface area contributed by atoms with Crippen molar-refractivity contribution in [1.29, 1.82) is 0 Å². The van der Waals surface area contributed by atoms with Crippen LogP contribution in [0.15, 0.2) is 48.5 Å². The van der Waals surface area contributed by atoms with Crippen molar-refractivity contribution in [3.63, 3.8) is 0 Å². The van der Waals surface area contributed by atoms with Gasteiger partial charge in [-0.3, -0.25) is 0 Å². The lowest BCUT2D eigenvalue weighted by Crippen LogP contribution is -2.55. The maximum Gasteiger partial charge on any atom is 0.338 e. The number of aliphatic hydroxyl groups excluding tert-OH is 1. The molecular weight excluding hydrogens is 376 g/mol. The van der Waals surface area contributed by atoms with E-state index in [9.17, 15) is 9.90 Å². The summed E-state index contributed by atoms with van der Waals surface area (Å²) in [7, 11) is 0. The molecule has 5 heteroatoms. The molecule has 0 amide bonds. The third-order valence-corrected chi connectivity index (χ3v) is 7.61. The summed E-state index contributed by atoms with van der Waals surface area (Å²) in [6.45, 7) is 0. The average molecular weight is 397 g/mol. The van der Waals surface area contributed by atoms with Crippen molar-refractivity contribution < 1.29 is 19.4 Å². The van der Waals surface area contributed by atoms with Crippen molar-refractivity contribution in [3.05, 3.63) is 70.2 Å². The first-order valence-corrected chi connectivity index (χ1v) is 10.4. The molecule has 4 nitrogen and oxygen atoms in total. The van der Waals surface area contributed by atoms with E-state index in [1.54, 1.807) is 24.3 Å². The van der Waals surface area contributed by atoms with Crippen molar-refractivity contribution in [2.24, 2.45) is 23.7 Å². The number of ether oxygens (including phenoxy) is 2. The van der Waals surface area contributed by atoms with Gasteiger partial charge in [0.2, 0.25) is 0 Å². The van der Waals surface area contributed by atoms with E-state index in [1.807, 2.05) is 18.2 Å². The predicted octanol–water partition coefficient (Wildman–Crippen LogP) is 4.32. The molecule has 28 heavy (non-hydrogen) atoms. The van der Waals surface area contributed by atoms with Gasteiger partial charge in [-0.2, -0.15) is 0 Å². The SMILES string of the molecule is O=C(O[C@@H]1c2ccccc2[C@H]2O[C@H]3[C@H](O)[C@@H]4CC[C@H]3[C@H]2[C@@H]41)c1cccc(Cl)c1. The molecule has 7 rings (SSSR count). The maximum atomic E-state index is 13.0. The van der Waals surface area contributed by atoms with Gasteiger partial charge in [0.25, 0.3) is 0 Å². The third-order valence-electron chi connectivity index (χ3n) is 7.37. The molecule has 0 unspecified atom stereocenters. The van der Waals surface area contributed by atoms with Gasteiger partial charge >= 0.3 is 5.97 Å². The first-order valence-electron chi connectivity index (χ1n) is 10.0. The minimum absolute atomic E-state index is 0.00253. The zero-order chi connectivity index (χ0) is 19.0. The summed E-state index contributed by atoms with van der Waals surface area (Å²) < 4.78 is 12.5. The second-order valence-electron chi connectivity index (χ2n) is 8.54. The van der Waals surface area contributed by atoms with Gasteiger partial charge in [-0.15, -0.1) is 0 Å². The van der Waals surface area contributed by atoms with Gasteiger partial charge in [0.1, 0.15) is 6.10 Å². The molecule has 1 heterocycles. The molecule has 3 saturated carbocycles. The molecule has 1 aliphatic heterocycles. The first kappa shape index (κ1) is 17.0. The molecule has 4 fully saturated rings. The number of esters is 1. The minimum Gasteiger partial charge on any atom is -0.454 e. The number of aliphatic hydroxyl groups is 1. The van der Waals surface area contributed by atoms with Crippen LogP contribution >= 0.6 is 11.6 Å². The monoisotopic (exact) mass is 396 g/mol. The molecule has 1 N–H and O–H groups in total.